The molecule has 1 aliphatic rings. The molecular formula is C12H17ClN2O4S2. The van der Waals surface area contributed by atoms with Crippen molar-refractivity contribution in [1.29, 1.82) is 0 Å². The van der Waals surface area contributed by atoms with Crippen molar-refractivity contribution in [1.82, 2.24) is 0 Å². The van der Waals surface area contributed by atoms with Gasteiger partial charge < -0.3 is 0 Å². The summed E-state index contributed by atoms with van der Waals surface area (Å²) in [5.74, 6) is 0.0854. The van der Waals surface area contributed by atoms with Crippen LogP contribution in [0.3, 0.4) is 0 Å². The monoisotopic (exact) mass is 352 g/mol. The van der Waals surface area contributed by atoms with Crippen LogP contribution in [0.4, 0.5) is 11.4 Å². The van der Waals surface area contributed by atoms with Crippen LogP contribution >= 0.6 is 11.6 Å². The van der Waals surface area contributed by atoms with Crippen LogP contribution in [0.5, 0.6) is 0 Å². The molecule has 0 unspecified atom stereocenters. The number of nitrogens with one attached hydrogen (secondary N) is 1. The zero-order valence-corrected chi connectivity index (χ0v) is 13.9. The minimum atomic E-state index is -3.48. The number of rotatable bonds is 5. The van der Waals surface area contributed by atoms with Gasteiger partial charge in [0.05, 0.1) is 27.9 Å². The number of benzene rings is 1. The SMILES string of the molecule is CCCS(=O)(=O)Nc1cc(N2CCCS2(=O)=O)ccc1Cl. The van der Waals surface area contributed by atoms with Gasteiger partial charge in [-0.15, -0.1) is 0 Å². The van der Waals surface area contributed by atoms with Crippen molar-refractivity contribution in [2.45, 2.75) is 19.8 Å². The van der Waals surface area contributed by atoms with Gasteiger partial charge in [0.25, 0.3) is 0 Å². The van der Waals surface area contributed by atoms with Gasteiger partial charge in [-0.2, -0.15) is 0 Å². The normalized spacial score (nSPS) is 17.9. The molecule has 1 aromatic carbocycles. The molecule has 0 saturated carbocycles. The summed E-state index contributed by atoms with van der Waals surface area (Å²) in [6.45, 7) is 2.15. The smallest absolute Gasteiger partial charge is 0.235 e. The first-order valence-corrected chi connectivity index (χ1v) is 10.2. The number of sulfonamides is 2. The number of nitrogens with zero attached hydrogens (tertiary/aromatic N) is 1. The summed E-state index contributed by atoms with van der Waals surface area (Å²) in [5, 5.41) is 0.232. The minimum Gasteiger partial charge on any atom is -0.282 e. The lowest BCUT2D eigenvalue weighted by Crippen LogP contribution is -2.25. The van der Waals surface area contributed by atoms with Crippen LogP contribution in [0.25, 0.3) is 0 Å². The number of anilines is 2. The Kier molecular flexibility index (Phi) is 4.69. The first-order valence-electron chi connectivity index (χ1n) is 6.55. The molecule has 6 nitrogen and oxygen atoms in total. The Labute approximate surface area is 130 Å². The molecule has 1 heterocycles. The molecule has 21 heavy (non-hydrogen) atoms. The quantitative estimate of drug-likeness (QED) is 0.878. The molecule has 1 saturated heterocycles. The van der Waals surface area contributed by atoms with E-state index in [1.165, 1.54) is 16.4 Å². The lowest BCUT2D eigenvalue weighted by atomic mass is 10.3. The third kappa shape index (κ3) is 3.81. The zero-order chi connectivity index (χ0) is 15.7. The van der Waals surface area contributed by atoms with Gasteiger partial charge in [-0.3, -0.25) is 9.03 Å². The van der Waals surface area contributed by atoms with Crippen molar-refractivity contribution in [2.24, 2.45) is 0 Å². The predicted molar refractivity (Wildman–Crippen MR) is 84.9 cm³/mol. The molecule has 0 aliphatic carbocycles. The molecule has 0 amide bonds. The Bertz CT molecular complexity index is 732. The standard InChI is InChI=1S/C12H17ClN2O4S2/c1-2-7-20(16,17)14-12-9-10(4-5-11(12)13)15-6-3-8-21(15,18)19/h4-5,9,14H,2-3,6-8H2,1H3. The Morgan fingerprint density at radius 3 is 2.67 bits per heavy atom. The van der Waals surface area contributed by atoms with Gasteiger partial charge in [0.1, 0.15) is 0 Å². The van der Waals surface area contributed by atoms with E-state index in [-0.39, 0.29) is 22.2 Å². The van der Waals surface area contributed by atoms with Crippen LogP contribution in [0.15, 0.2) is 18.2 Å². The van der Waals surface area contributed by atoms with Crippen LogP contribution in [-0.4, -0.2) is 34.9 Å². The lowest BCUT2D eigenvalue weighted by Gasteiger charge is -2.18. The lowest BCUT2D eigenvalue weighted by molar-refractivity contribution is 0.598. The molecule has 1 N–H and O–H groups in total. The van der Waals surface area contributed by atoms with Gasteiger partial charge in [-0.05, 0) is 31.0 Å². The molecule has 0 bridgehead atoms. The van der Waals surface area contributed by atoms with E-state index >= 15 is 0 Å². The molecule has 1 aromatic rings. The van der Waals surface area contributed by atoms with E-state index in [1.54, 1.807) is 13.0 Å². The first kappa shape index (κ1) is 16.4. The molecular weight excluding hydrogens is 336 g/mol. The highest BCUT2D eigenvalue weighted by molar-refractivity contribution is 7.93. The van der Waals surface area contributed by atoms with Crippen LogP contribution in [0.1, 0.15) is 19.8 Å². The van der Waals surface area contributed by atoms with E-state index in [1.807, 2.05) is 0 Å². The summed E-state index contributed by atoms with van der Waals surface area (Å²) >= 11 is 5.99. The third-order valence-corrected chi connectivity index (χ3v) is 6.75. The zero-order valence-electron chi connectivity index (χ0n) is 11.5. The molecule has 1 fully saturated rings. The van der Waals surface area contributed by atoms with E-state index < -0.39 is 20.0 Å². The van der Waals surface area contributed by atoms with Gasteiger partial charge >= 0.3 is 0 Å². The van der Waals surface area contributed by atoms with Gasteiger partial charge in [-0.1, -0.05) is 18.5 Å². The van der Waals surface area contributed by atoms with E-state index in [9.17, 15) is 16.8 Å². The number of hydrogen-bond donors (Lipinski definition) is 1. The van der Waals surface area contributed by atoms with E-state index in [4.69, 9.17) is 11.6 Å². The second kappa shape index (κ2) is 6.02. The summed E-state index contributed by atoms with van der Waals surface area (Å²) in [7, 11) is -6.79. The first-order chi connectivity index (χ1) is 9.75. The highest BCUT2D eigenvalue weighted by Crippen LogP contribution is 2.31. The summed E-state index contributed by atoms with van der Waals surface area (Å²) in [6.07, 6.45) is 1.04. The topological polar surface area (TPSA) is 83.6 Å². The molecule has 9 heteroatoms. The third-order valence-electron chi connectivity index (χ3n) is 3.08. The van der Waals surface area contributed by atoms with Crippen molar-refractivity contribution in [3.05, 3.63) is 23.2 Å². The Hall–Kier alpha value is -0.990. The minimum absolute atomic E-state index is 0.0183. The maximum Gasteiger partial charge on any atom is 0.235 e. The summed E-state index contributed by atoms with van der Waals surface area (Å²) in [6, 6.07) is 4.52. The van der Waals surface area contributed by atoms with Gasteiger partial charge in [0.15, 0.2) is 0 Å². The molecule has 118 valence electrons. The Morgan fingerprint density at radius 1 is 1.38 bits per heavy atom. The van der Waals surface area contributed by atoms with E-state index in [2.05, 4.69) is 4.72 Å². The largest absolute Gasteiger partial charge is 0.282 e. The molecule has 1 aliphatic heterocycles. The summed E-state index contributed by atoms with van der Waals surface area (Å²) in [4.78, 5) is 0. The maximum absolute atomic E-state index is 11.9. The fraction of sp³-hybridized carbons (Fsp3) is 0.500. The molecule has 0 aromatic heterocycles. The highest BCUT2D eigenvalue weighted by Gasteiger charge is 2.29. The second-order valence-corrected chi connectivity index (χ2v) is 9.09. The summed E-state index contributed by atoms with van der Waals surface area (Å²) in [5.41, 5.74) is 0.621. The van der Waals surface area contributed by atoms with Crippen molar-refractivity contribution in [3.8, 4) is 0 Å². The molecule has 0 radical (unpaired) electrons. The summed E-state index contributed by atoms with van der Waals surface area (Å²) < 4.78 is 51.1. The number of hydrogen-bond acceptors (Lipinski definition) is 4. The van der Waals surface area contributed by atoms with Gasteiger partial charge in [0, 0.05) is 6.54 Å². The molecule has 2 rings (SSSR count). The van der Waals surface area contributed by atoms with Crippen molar-refractivity contribution in [2.75, 3.05) is 27.1 Å². The highest BCUT2D eigenvalue weighted by atomic mass is 35.5. The fourth-order valence-corrected chi connectivity index (χ4v) is 5.08. The van der Waals surface area contributed by atoms with Crippen LogP contribution in [-0.2, 0) is 20.0 Å². The average molecular weight is 353 g/mol. The van der Waals surface area contributed by atoms with E-state index in [0.717, 1.165) is 0 Å². The second-order valence-electron chi connectivity index (χ2n) is 4.83. The van der Waals surface area contributed by atoms with Gasteiger partial charge in [0.2, 0.25) is 20.0 Å². The van der Waals surface area contributed by atoms with E-state index in [0.29, 0.717) is 25.1 Å². The molecule has 0 spiro atoms. The van der Waals surface area contributed by atoms with Crippen LogP contribution < -0.4 is 9.03 Å². The van der Waals surface area contributed by atoms with Crippen LogP contribution in [0.2, 0.25) is 5.02 Å². The van der Waals surface area contributed by atoms with Crippen molar-refractivity contribution in [3.63, 3.8) is 0 Å². The molecule has 0 atom stereocenters. The van der Waals surface area contributed by atoms with Crippen molar-refractivity contribution < 1.29 is 16.8 Å². The fourth-order valence-electron chi connectivity index (χ4n) is 2.16. The average Bonchev–Trinajstić information content (AvgIpc) is 2.71. The Balaban J connectivity index is 2.34. The van der Waals surface area contributed by atoms with Crippen molar-refractivity contribution >= 4 is 43.0 Å². The predicted octanol–water partition coefficient (Wildman–Crippen LogP) is 2.03. The maximum atomic E-state index is 11.9. The van der Waals surface area contributed by atoms with Crippen LogP contribution in [0, 0.1) is 0 Å². The Morgan fingerprint density at radius 2 is 2.10 bits per heavy atom. The number of halogens is 1. The van der Waals surface area contributed by atoms with Gasteiger partial charge in [-0.25, -0.2) is 16.8 Å².